The Morgan fingerprint density at radius 2 is 1.90 bits per heavy atom. The summed E-state index contributed by atoms with van der Waals surface area (Å²) in [5, 5.41) is 3.65. The van der Waals surface area contributed by atoms with Gasteiger partial charge in [-0.1, -0.05) is 43.7 Å². The minimum Gasteiger partial charge on any atom is -0.373 e. The molecule has 7 heteroatoms. The molecule has 3 aliphatic rings. The fourth-order valence-corrected chi connectivity index (χ4v) is 5.19. The number of fused-ring (bicyclic) bond motifs is 1. The van der Waals surface area contributed by atoms with Crippen molar-refractivity contribution in [3.63, 3.8) is 0 Å². The van der Waals surface area contributed by atoms with Gasteiger partial charge in [-0.3, -0.25) is 9.89 Å². The molecule has 3 aliphatic heterocycles. The van der Waals surface area contributed by atoms with Crippen LogP contribution in [0.2, 0.25) is 0 Å². The fraction of sp³-hybridized carbons (Fsp3) is 0.708. The highest BCUT2D eigenvalue weighted by atomic mass is 127. The second-order valence-electron chi connectivity index (χ2n) is 9.23. The van der Waals surface area contributed by atoms with Gasteiger partial charge in [0.15, 0.2) is 5.96 Å². The third-order valence-corrected chi connectivity index (χ3v) is 6.78. The number of benzene rings is 1. The lowest BCUT2D eigenvalue weighted by atomic mass is 10.1. The van der Waals surface area contributed by atoms with Gasteiger partial charge in [-0.15, -0.1) is 24.0 Å². The van der Waals surface area contributed by atoms with Gasteiger partial charge in [-0.05, 0) is 37.4 Å². The van der Waals surface area contributed by atoms with Crippen LogP contribution in [0.1, 0.15) is 31.7 Å². The van der Waals surface area contributed by atoms with Gasteiger partial charge in [-0.25, -0.2) is 0 Å². The lowest BCUT2D eigenvalue weighted by Crippen LogP contribution is -2.50. The number of halogens is 1. The zero-order valence-corrected chi connectivity index (χ0v) is 21.5. The summed E-state index contributed by atoms with van der Waals surface area (Å²) in [6.45, 7) is 11.8. The number of hydrogen-bond acceptors (Lipinski definition) is 4. The Kier molecular flexibility index (Phi) is 9.87. The van der Waals surface area contributed by atoms with E-state index in [1.165, 1.54) is 44.5 Å². The first-order valence-corrected chi connectivity index (χ1v) is 11.8. The Morgan fingerprint density at radius 3 is 2.65 bits per heavy atom. The molecule has 4 rings (SSSR count). The van der Waals surface area contributed by atoms with E-state index < -0.39 is 0 Å². The number of morpholine rings is 1. The number of rotatable bonds is 6. The second kappa shape index (κ2) is 12.4. The molecule has 0 aromatic heterocycles. The second-order valence-corrected chi connectivity index (χ2v) is 9.23. The summed E-state index contributed by atoms with van der Waals surface area (Å²) in [5.41, 5.74) is 1.38. The van der Waals surface area contributed by atoms with Crippen LogP contribution in [0.5, 0.6) is 0 Å². The highest BCUT2D eigenvalue weighted by molar-refractivity contribution is 14.0. The van der Waals surface area contributed by atoms with Crippen molar-refractivity contribution in [3.8, 4) is 0 Å². The fourth-order valence-electron chi connectivity index (χ4n) is 5.19. The maximum atomic E-state index is 6.15. The number of likely N-dealkylation sites (tertiary alicyclic amines) is 2. The van der Waals surface area contributed by atoms with Crippen molar-refractivity contribution >= 4 is 29.9 Å². The van der Waals surface area contributed by atoms with E-state index in [0.717, 1.165) is 45.3 Å². The number of piperidine rings is 1. The van der Waals surface area contributed by atoms with Crippen molar-refractivity contribution in [2.75, 3.05) is 59.5 Å². The first-order valence-electron chi connectivity index (χ1n) is 11.8. The first-order chi connectivity index (χ1) is 14.7. The van der Waals surface area contributed by atoms with E-state index in [-0.39, 0.29) is 30.1 Å². The van der Waals surface area contributed by atoms with Crippen LogP contribution < -0.4 is 5.32 Å². The van der Waals surface area contributed by atoms with Crippen molar-refractivity contribution in [2.24, 2.45) is 10.9 Å². The largest absolute Gasteiger partial charge is 0.373 e. The first kappa shape index (κ1) is 24.7. The molecular weight excluding hydrogens is 501 g/mol. The Bertz CT molecular complexity index is 682. The average molecular weight is 542 g/mol. The van der Waals surface area contributed by atoms with Crippen LogP contribution in [0, 0.1) is 5.92 Å². The molecule has 31 heavy (non-hydrogen) atoms. The predicted octanol–water partition coefficient (Wildman–Crippen LogP) is 2.89. The number of ether oxygens (including phenoxy) is 1. The van der Waals surface area contributed by atoms with Gasteiger partial charge in [-0.2, -0.15) is 0 Å². The summed E-state index contributed by atoms with van der Waals surface area (Å²) in [4.78, 5) is 12.2. The third kappa shape index (κ3) is 6.79. The molecule has 1 aromatic rings. The van der Waals surface area contributed by atoms with Crippen LogP contribution in [0.4, 0.5) is 0 Å². The minimum atomic E-state index is 0. The maximum absolute atomic E-state index is 6.15. The minimum absolute atomic E-state index is 0. The molecule has 1 aromatic carbocycles. The number of aliphatic imine (C=N–C) groups is 1. The molecule has 174 valence electrons. The molecule has 3 fully saturated rings. The molecule has 0 amide bonds. The zero-order chi connectivity index (χ0) is 20.8. The molecular formula is C24H40IN5O. The van der Waals surface area contributed by atoms with Gasteiger partial charge in [0.2, 0.25) is 0 Å². The van der Waals surface area contributed by atoms with Crippen molar-refractivity contribution in [1.82, 2.24) is 20.0 Å². The lowest BCUT2D eigenvalue weighted by molar-refractivity contribution is -0.0502. The Hall–Kier alpha value is -0.900. The summed E-state index contributed by atoms with van der Waals surface area (Å²) >= 11 is 0. The van der Waals surface area contributed by atoms with E-state index in [9.17, 15) is 0 Å². The van der Waals surface area contributed by atoms with Crippen LogP contribution in [0.3, 0.4) is 0 Å². The molecule has 1 N–H and O–H groups in total. The maximum Gasteiger partial charge on any atom is 0.193 e. The zero-order valence-electron chi connectivity index (χ0n) is 19.2. The lowest BCUT2D eigenvalue weighted by Gasteiger charge is -2.36. The molecule has 6 nitrogen and oxygen atoms in total. The van der Waals surface area contributed by atoms with Crippen molar-refractivity contribution in [2.45, 2.75) is 44.9 Å². The SMILES string of the molecule is CN=C(NCC(C)CN1CCCCC1)N1CC2OCCN(Cc3ccccc3)C2C1.I. The Labute approximate surface area is 205 Å². The van der Waals surface area contributed by atoms with E-state index in [4.69, 9.17) is 4.74 Å². The molecule has 3 atom stereocenters. The summed E-state index contributed by atoms with van der Waals surface area (Å²) in [6.07, 6.45) is 4.39. The number of nitrogens with zero attached hydrogens (tertiary/aromatic N) is 4. The van der Waals surface area contributed by atoms with Crippen LogP contribution in [-0.4, -0.2) is 92.3 Å². The van der Waals surface area contributed by atoms with Crippen LogP contribution in [0.15, 0.2) is 35.3 Å². The number of nitrogens with one attached hydrogen (secondary N) is 1. The molecule has 0 bridgehead atoms. The van der Waals surface area contributed by atoms with Crippen molar-refractivity contribution in [1.29, 1.82) is 0 Å². The highest BCUT2D eigenvalue weighted by Gasteiger charge is 2.41. The summed E-state index contributed by atoms with van der Waals surface area (Å²) in [6, 6.07) is 11.2. The third-order valence-electron chi connectivity index (χ3n) is 6.78. The van der Waals surface area contributed by atoms with Crippen molar-refractivity contribution < 1.29 is 4.74 Å². The van der Waals surface area contributed by atoms with Crippen LogP contribution in [0.25, 0.3) is 0 Å². The summed E-state index contributed by atoms with van der Waals surface area (Å²) < 4.78 is 6.15. The molecule has 0 saturated carbocycles. The Balaban J connectivity index is 0.00000272. The highest BCUT2D eigenvalue weighted by Crippen LogP contribution is 2.24. The topological polar surface area (TPSA) is 43.3 Å². The van der Waals surface area contributed by atoms with E-state index in [0.29, 0.717) is 12.0 Å². The molecule has 3 unspecified atom stereocenters. The molecule has 0 aliphatic carbocycles. The van der Waals surface area contributed by atoms with Gasteiger partial charge in [0.1, 0.15) is 0 Å². The standard InChI is InChI=1S/C24H39N5O.HI/c1-20(16-27-11-7-4-8-12-27)15-26-24(25-2)29-18-22-23(19-29)30-14-13-28(22)17-21-9-5-3-6-10-21;/h3,5-6,9-10,20,22-23H,4,7-8,11-19H2,1-2H3,(H,25,26);1H. The average Bonchev–Trinajstić information content (AvgIpc) is 3.21. The summed E-state index contributed by atoms with van der Waals surface area (Å²) in [7, 11) is 1.90. The molecule has 0 radical (unpaired) electrons. The smallest absolute Gasteiger partial charge is 0.193 e. The molecule has 3 saturated heterocycles. The van der Waals surface area contributed by atoms with Crippen molar-refractivity contribution in [3.05, 3.63) is 35.9 Å². The van der Waals surface area contributed by atoms with E-state index >= 15 is 0 Å². The van der Waals surface area contributed by atoms with Gasteiger partial charge in [0.05, 0.1) is 18.8 Å². The number of guanidine groups is 1. The van der Waals surface area contributed by atoms with Gasteiger partial charge in [0, 0.05) is 46.3 Å². The van der Waals surface area contributed by atoms with Gasteiger partial charge in [0.25, 0.3) is 0 Å². The van der Waals surface area contributed by atoms with Crippen LogP contribution in [-0.2, 0) is 11.3 Å². The van der Waals surface area contributed by atoms with Gasteiger partial charge < -0.3 is 19.9 Å². The molecule has 3 heterocycles. The van der Waals surface area contributed by atoms with Gasteiger partial charge >= 0.3 is 0 Å². The normalized spacial score (nSPS) is 26.3. The monoisotopic (exact) mass is 541 g/mol. The number of hydrogen-bond donors (Lipinski definition) is 1. The Morgan fingerprint density at radius 1 is 1.13 bits per heavy atom. The predicted molar refractivity (Wildman–Crippen MR) is 138 cm³/mol. The summed E-state index contributed by atoms with van der Waals surface area (Å²) in [5.74, 6) is 1.65. The van der Waals surface area contributed by atoms with E-state index in [1.807, 2.05) is 7.05 Å². The van der Waals surface area contributed by atoms with E-state index in [2.05, 4.69) is 62.3 Å². The van der Waals surface area contributed by atoms with Crippen LogP contribution >= 0.6 is 24.0 Å². The quantitative estimate of drug-likeness (QED) is 0.341. The van der Waals surface area contributed by atoms with E-state index in [1.54, 1.807) is 0 Å². The molecule has 0 spiro atoms.